The summed E-state index contributed by atoms with van der Waals surface area (Å²) >= 11 is 5.89. The summed E-state index contributed by atoms with van der Waals surface area (Å²) in [5.74, 6) is 0.462. The van der Waals surface area contributed by atoms with Crippen LogP contribution in [0.1, 0.15) is 5.69 Å². The lowest BCUT2D eigenvalue weighted by Gasteiger charge is -2.07. The Morgan fingerprint density at radius 1 is 1.25 bits per heavy atom. The van der Waals surface area contributed by atoms with Crippen LogP contribution >= 0.6 is 11.6 Å². The smallest absolute Gasteiger partial charge is 0.258 e. The molecule has 0 saturated heterocycles. The largest absolute Gasteiger partial charge is 0.484 e. The van der Waals surface area contributed by atoms with Crippen molar-refractivity contribution in [2.24, 2.45) is 0 Å². The summed E-state index contributed by atoms with van der Waals surface area (Å²) in [5.41, 5.74) is 0.975. The summed E-state index contributed by atoms with van der Waals surface area (Å²) in [6.45, 7) is 0.159. The van der Waals surface area contributed by atoms with E-state index >= 15 is 0 Å². The van der Waals surface area contributed by atoms with E-state index in [4.69, 9.17) is 16.3 Å². The average molecular weight is 288 g/mol. The molecule has 0 aliphatic heterocycles. The molecule has 0 amide bonds. The minimum atomic E-state index is -0.147. The van der Waals surface area contributed by atoms with E-state index in [2.05, 4.69) is 9.97 Å². The normalized spacial score (nSPS) is 10.7. The van der Waals surface area contributed by atoms with Gasteiger partial charge in [-0.15, -0.1) is 0 Å². The first-order valence-electron chi connectivity index (χ1n) is 5.95. The maximum atomic E-state index is 11.9. The molecule has 0 bridgehead atoms. The van der Waals surface area contributed by atoms with Crippen molar-refractivity contribution in [3.63, 3.8) is 0 Å². The Kier molecular flexibility index (Phi) is 3.35. The van der Waals surface area contributed by atoms with Crippen LogP contribution in [0.25, 0.3) is 5.65 Å². The average Bonchev–Trinajstić information content (AvgIpc) is 2.46. The second-order valence-electron chi connectivity index (χ2n) is 4.10. The summed E-state index contributed by atoms with van der Waals surface area (Å²) < 4.78 is 6.99. The van der Waals surface area contributed by atoms with Crippen LogP contribution in [-0.4, -0.2) is 14.4 Å². The zero-order chi connectivity index (χ0) is 13.9. The number of pyridine rings is 2. The van der Waals surface area contributed by atoms with Crippen molar-refractivity contribution in [2.45, 2.75) is 6.61 Å². The minimum absolute atomic E-state index is 0.147. The Morgan fingerprint density at radius 3 is 3.00 bits per heavy atom. The predicted octanol–water partition coefficient (Wildman–Crippen LogP) is 2.32. The van der Waals surface area contributed by atoms with E-state index in [0.717, 1.165) is 0 Å². The summed E-state index contributed by atoms with van der Waals surface area (Å²) in [7, 11) is 0. The van der Waals surface area contributed by atoms with Crippen LogP contribution in [0.5, 0.6) is 5.75 Å². The first-order valence-corrected chi connectivity index (χ1v) is 6.32. The van der Waals surface area contributed by atoms with Gasteiger partial charge in [-0.05, 0) is 24.3 Å². The summed E-state index contributed by atoms with van der Waals surface area (Å²) in [5, 5.41) is 0.282. The molecule has 0 aliphatic carbocycles. The molecular weight excluding hydrogens is 278 g/mol. The van der Waals surface area contributed by atoms with E-state index < -0.39 is 0 Å². The molecule has 3 rings (SSSR count). The van der Waals surface area contributed by atoms with Crippen molar-refractivity contribution in [2.75, 3.05) is 0 Å². The number of aromatic nitrogens is 3. The van der Waals surface area contributed by atoms with Crippen LogP contribution in [0, 0.1) is 0 Å². The number of fused-ring (bicyclic) bond motifs is 1. The number of hydrogen-bond donors (Lipinski definition) is 0. The van der Waals surface area contributed by atoms with Crippen molar-refractivity contribution in [3.8, 4) is 5.75 Å². The van der Waals surface area contributed by atoms with Gasteiger partial charge in [-0.1, -0.05) is 17.7 Å². The second kappa shape index (κ2) is 5.30. The molecule has 3 aromatic heterocycles. The van der Waals surface area contributed by atoms with Crippen molar-refractivity contribution in [3.05, 3.63) is 70.0 Å². The quantitative estimate of drug-likeness (QED) is 0.694. The first kappa shape index (κ1) is 12.6. The highest BCUT2D eigenvalue weighted by Crippen LogP contribution is 2.21. The standard InChI is InChI=1S/C14H10ClN3O2/c15-14-11(4-3-6-16-14)20-9-10-8-13(19)18-7-2-1-5-12(18)17-10/h1-8H,9H2. The molecule has 3 aromatic rings. The molecule has 100 valence electrons. The molecule has 0 spiro atoms. The van der Waals surface area contributed by atoms with Gasteiger partial charge in [0.15, 0.2) is 10.9 Å². The predicted molar refractivity (Wildman–Crippen MR) is 75.0 cm³/mol. The van der Waals surface area contributed by atoms with Gasteiger partial charge in [0.2, 0.25) is 0 Å². The van der Waals surface area contributed by atoms with Gasteiger partial charge in [0.1, 0.15) is 12.3 Å². The summed E-state index contributed by atoms with van der Waals surface area (Å²) in [4.78, 5) is 20.2. The van der Waals surface area contributed by atoms with E-state index in [1.54, 1.807) is 36.7 Å². The SMILES string of the molecule is O=c1cc(COc2cccnc2Cl)nc2ccccn12. The molecule has 6 heteroatoms. The third kappa shape index (κ3) is 2.48. The van der Waals surface area contributed by atoms with Gasteiger partial charge in [-0.25, -0.2) is 9.97 Å². The van der Waals surface area contributed by atoms with Gasteiger partial charge in [-0.2, -0.15) is 0 Å². The van der Waals surface area contributed by atoms with Gasteiger partial charge >= 0.3 is 0 Å². The number of ether oxygens (including phenoxy) is 1. The number of rotatable bonds is 3. The van der Waals surface area contributed by atoms with Gasteiger partial charge in [-0.3, -0.25) is 9.20 Å². The molecule has 0 saturated carbocycles. The van der Waals surface area contributed by atoms with E-state index in [0.29, 0.717) is 17.1 Å². The van der Waals surface area contributed by atoms with Crippen LogP contribution in [-0.2, 0) is 6.61 Å². The molecule has 5 nitrogen and oxygen atoms in total. The lowest BCUT2D eigenvalue weighted by Crippen LogP contribution is -2.16. The molecule has 0 unspecified atom stereocenters. The van der Waals surface area contributed by atoms with Crippen molar-refractivity contribution >= 4 is 17.2 Å². The van der Waals surface area contributed by atoms with Gasteiger partial charge < -0.3 is 4.74 Å². The monoisotopic (exact) mass is 287 g/mol. The molecule has 0 atom stereocenters. The van der Waals surface area contributed by atoms with Crippen LogP contribution in [0.15, 0.2) is 53.6 Å². The zero-order valence-electron chi connectivity index (χ0n) is 10.4. The zero-order valence-corrected chi connectivity index (χ0v) is 11.1. The van der Waals surface area contributed by atoms with Gasteiger partial charge in [0.25, 0.3) is 5.56 Å². The van der Waals surface area contributed by atoms with Crippen molar-refractivity contribution in [1.82, 2.24) is 14.4 Å². The van der Waals surface area contributed by atoms with Crippen molar-refractivity contribution < 1.29 is 4.74 Å². The number of halogens is 1. The van der Waals surface area contributed by atoms with Crippen LogP contribution in [0.4, 0.5) is 0 Å². The third-order valence-corrected chi connectivity index (χ3v) is 3.01. The topological polar surface area (TPSA) is 56.5 Å². The number of nitrogens with zero attached hydrogens (tertiary/aromatic N) is 3. The Hall–Kier alpha value is -2.40. The fourth-order valence-corrected chi connectivity index (χ4v) is 1.98. The fraction of sp³-hybridized carbons (Fsp3) is 0.0714. The van der Waals surface area contributed by atoms with Crippen LogP contribution in [0.3, 0.4) is 0 Å². The molecule has 3 heterocycles. The Labute approximate surface area is 119 Å². The molecule has 20 heavy (non-hydrogen) atoms. The van der Waals surface area contributed by atoms with Crippen molar-refractivity contribution in [1.29, 1.82) is 0 Å². The lowest BCUT2D eigenvalue weighted by molar-refractivity contribution is 0.300. The minimum Gasteiger partial charge on any atom is -0.484 e. The van der Waals surface area contributed by atoms with E-state index in [9.17, 15) is 4.79 Å². The van der Waals surface area contributed by atoms with E-state index in [1.165, 1.54) is 10.5 Å². The molecule has 0 aromatic carbocycles. The Balaban J connectivity index is 1.88. The summed E-state index contributed by atoms with van der Waals surface area (Å²) in [6.07, 6.45) is 3.25. The third-order valence-electron chi connectivity index (χ3n) is 2.72. The molecule has 0 radical (unpaired) electrons. The maximum Gasteiger partial charge on any atom is 0.258 e. The molecule has 0 N–H and O–H groups in total. The van der Waals surface area contributed by atoms with E-state index in [-0.39, 0.29) is 17.3 Å². The highest BCUT2D eigenvalue weighted by Gasteiger charge is 2.05. The Bertz CT molecular complexity index is 817. The van der Waals surface area contributed by atoms with E-state index in [1.807, 2.05) is 6.07 Å². The summed E-state index contributed by atoms with van der Waals surface area (Å²) in [6, 6.07) is 10.2. The molecule has 0 fully saturated rings. The highest BCUT2D eigenvalue weighted by molar-refractivity contribution is 6.30. The lowest BCUT2D eigenvalue weighted by atomic mass is 10.4. The Morgan fingerprint density at radius 2 is 2.15 bits per heavy atom. The molecule has 0 aliphatic rings. The molecular formula is C14H10ClN3O2. The number of hydrogen-bond acceptors (Lipinski definition) is 4. The van der Waals surface area contributed by atoms with Gasteiger partial charge in [0.05, 0.1) is 5.69 Å². The second-order valence-corrected chi connectivity index (χ2v) is 4.45. The van der Waals surface area contributed by atoms with Crippen LogP contribution < -0.4 is 10.3 Å². The first-order chi connectivity index (χ1) is 9.74. The maximum absolute atomic E-state index is 11.9. The highest BCUT2D eigenvalue weighted by atomic mass is 35.5. The fourth-order valence-electron chi connectivity index (χ4n) is 1.81. The van der Waals surface area contributed by atoms with Crippen LogP contribution in [0.2, 0.25) is 5.15 Å². The van der Waals surface area contributed by atoms with Gasteiger partial charge in [0, 0.05) is 18.5 Å².